The summed E-state index contributed by atoms with van der Waals surface area (Å²) in [6.07, 6.45) is 1.17. The third-order valence-electron chi connectivity index (χ3n) is 5.05. The number of urea groups is 1. The average Bonchev–Trinajstić information content (AvgIpc) is 2.97. The van der Waals surface area contributed by atoms with E-state index in [4.69, 9.17) is 4.74 Å². The number of piperidine rings is 1. The van der Waals surface area contributed by atoms with Crippen molar-refractivity contribution in [1.29, 1.82) is 0 Å². The number of imide groups is 1. The van der Waals surface area contributed by atoms with E-state index in [0.29, 0.717) is 31.6 Å². The smallest absolute Gasteiger partial charge is 0.332 e. The van der Waals surface area contributed by atoms with Gasteiger partial charge in [-0.15, -0.1) is 0 Å². The maximum Gasteiger partial charge on any atom is 0.332 e. The van der Waals surface area contributed by atoms with Crippen LogP contribution in [0.25, 0.3) is 0 Å². The maximum absolute atomic E-state index is 12.8. The molecule has 0 N–H and O–H groups in total. The molecule has 2 aliphatic heterocycles. The number of likely N-dealkylation sites (tertiary alicyclic amines) is 1. The van der Waals surface area contributed by atoms with Crippen LogP contribution >= 0.6 is 0 Å². The number of amides is 3. The molecule has 28 heavy (non-hydrogen) atoms. The molecule has 0 unspecified atom stereocenters. The number of Topliss-reactive ketones (excluding diaryl/α,β-unsaturated/α-hetero) is 1. The van der Waals surface area contributed by atoms with Gasteiger partial charge in [0.15, 0.2) is 5.78 Å². The van der Waals surface area contributed by atoms with Crippen LogP contribution in [0.4, 0.5) is 10.5 Å². The summed E-state index contributed by atoms with van der Waals surface area (Å²) >= 11 is 0. The van der Waals surface area contributed by atoms with Crippen molar-refractivity contribution in [2.24, 2.45) is 0 Å². The highest BCUT2D eigenvalue weighted by Crippen LogP contribution is 2.26. The van der Waals surface area contributed by atoms with Crippen molar-refractivity contribution in [2.75, 3.05) is 37.7 Å². The molecule has 2 saturated heterocycles. The van der Waals surface area contributed by atoms with Crippen LogP contribution in [-0.2, 0) is 19.1 Å². The summed E-state index contributed by atoms with van der Waals surface area (Å²) in [5.74, 6) is -0.882. The zero-order valence-corrected chi connectivity index (χ0v) is 16.0. The summed E-state index contributed by atoms with van der Waals surface area (Å²) in [4.78, 5) is 53.3. The highest BCUT2D eigenvalue weighted by atomic mass is 16.5. The highest BCUT2D eigenvalue weighted by molar-refractivity contribution is 6.19. The second kappa shape index (κ2) is 8.97. The Hall–Kier alpha value is -2.74. The number of para-hydroxylation sites is 1. The Morgan fingerprint density at radius 3 is 2.43 bits per heavy atom. The molecule has 8 heteroatoms. The molecular formula is C20H25N3O5. The monoisotopic (exact) mass is 387 g/mol. The second-order valence-electron chi connectivity index (χ2n) is 7.00. The average molecular weight is 387 g/mol. The van der Waals surface area contributed by atoms with E-state index in [2.05, 4.69) is 0 Å². The van der Waals surface area contributed by atoms with Gasteiger partial charge < -0.3 is 9.64 Å². The van der Waals surface area contributed by atoms with Gasteiger partial charge in [-0.05, 0) is 31.9 Å². The Kier molecular flexibility index (Phi) is 6.41. The summed E-state index contributed by atoms with van der Waals surface area (Å²) in [5, 5.41) is 0. The minimum atomic E-state index is -0.496. The molecule has 3 rings (SSSR count). The van der Waals surface area contributed by atoms with Gasteiger partial charge in [0.05, 0.1) is 18.8 Å². The normalized spacial score (nSPS) is 18.6. The SMILES string of the molecule is CCOC(=O)CC(=O)CN1CCC(N2CC(=O)N(c3ccccc3)C2=O)CC1. The number of ether oxygens (including phenoxy) is 1. The number of esters is 1. The number of carbonyl (C=O) groups excluding carboxylic acids is 4. The molecule has 8 nitrogen and oxygen atoms in total. The van der Waals surface area contributed by atoms with Gasteiger partial charge in [-0.25, -0.2) is 9.69 Å². The van der Waals surface area contributed by atoms with Gasteiger partial charge in [0.25, 0.3) is 5.91 Å². The molecule has 0 aliphatic carbocycles. The van der Waals surface area contributed by atoms with E-state index in [9.17, 15) is 19.2 Å². The van der Waals surface area contributed by atoms with Crippen molar-refractivity contribution in [2.45, 2.75) is 32.2 Å². The molecule has 1 aromatic rings. The molecular weight excluding hydrogens is 362 g/mol. The van der Waals surface area contributed by atoms with Crippen LogP contribution < -0.4 is 4.90 Å². The van der Waals surface area contributed by atoms with Crippen molar-refractivity contribution in [3.63, 3.8) is 0 Å². The summed E-state index contributed by atoms with van der Waals surface area (Å²) in [6, 6.07) is 8.61. The summed E-state index contributed by atoms with van der Waals surface area (Å²) in [6.45, 7) is 3.54. The fraction of sp³-hybridized carbons (Fsp3) is 0.500. The predicted octanol–water partition coefficient (Wildman–Crippen LogP) is 1.44. The van der Waals surface area contributed by atoms with Gasteiger partial charge in [-0.1, -0.05) is 18.2 Å². The van der Waals surface area contributed by atoms with Crippen molar-refractivity contribution in [3.05, 3.63) is 30.3 Å². The fourth-order valence-corrected chi connectivity index (χ4v) is 3.70. The van der Waals surface area contributed by atoms with Crippen molar-refractivity contribution >= 4 is 29.4 Å². The molecule has 0 aromatic heterocycles. The van der Waals surface area contributed by atoms with E-state index in [1.807, 2.05) is 11.0 Å². The van der Waals surface area contributed by atoms with Gasteiger partial charge in [-0.2, -0.15) is 0 Å². The Bertz CT molecular complexity index is 743. The van der Waals surface area contributed by atoms with E-state index in [0.717, 1.165) is 0 Å². The number of benzene rings is 1. The summed E-state index contributed by atoms with van der Waals surface area (Å²) in [5.41, 5.74) is 0.585. The lowest BCUT2D eigenvalue weighted by molar-refractivity contribution is -0.145. The molecule has 0 spiro atoms. The maximum atomic E-state index is 12.8. The zero-order valence-electron chi connectivity index (χ0n) is 16.0. The molecule has 1 aromatic carbocycles. The van der Waals surface area contributed by atoms with E-state index in [1.165, 1.54) is 4.90 Å². The van der Waals surface area contributed by atoms with E-state index in [-0.39, 0.29) is 49.9 Å². The van der Waals surface area contributed by atoms with Crippen molar-refractivity contribution in [1.82, 2.24) is 9.80 Å². The zero-order chi connectivity index (χ0) is 20.1. The number of anilines is 1. The fourth-order valence-electron chi connectivity index (χ4n) is 3.70. The molecule has 3 amide bonds. The summed E-state index contributed by atoms with van der Waals surface area (Å²) < 4.78 is 4.80. The molecule has 0 bridgehead atoms. The van der Waals surface area contributed by atoms with Crippen LogP contribution in [0, 0.1) is 0 Å². The number of ketones is 1. The van der Waals surface area contributed by atoms with Crippen LogP contribution in [0.3, 0.4) is 0 Å². The Morgan fingerprint density at radius 2 is 1.79 bits per heavy atom. The highest BCUT2D eigenvalue weighted by Gasteiger charge is 2.41. The molecule has 0 atom stereocenters. The van der Waals surface area contributed by atoms with E-state index in [1.54, 1.807) is 36.1 Å². The van der Waals surface area contributed by atoms with Crippen LogP contribution in [0.15, 0.2) is 30.3 Å². The van der Waals surface area contributed by atoms with Crippen LogP contribution in [0.5, 0.6) is 0 Å². The third kappa shape index (κ3) is 4.56. The molecule has 2 aliphatic rings. The molecule has 0 radical (unpaired) electrons. The van der Waals surface area contributed by atoms with E-state index < -0.39 is 5.97 Å². The lowest BCUT2D eigenvalue weighted by Crippen LogP contribution is -2.47. The summed E-state index contributed by atoms with van der Waals surface area (Å²) in [7, 11) is 0. The number of hydrogen-bond donors (Lipinski definition) is 0. The topological polar surface area (TPSA) is 87.2 Å². The Balaban J connectivity index is 1.51. The van der Waals surface area contributed by atoms with Crippen LogP contribution in [0.1, 0.15) is 26.2 Å². The van der Waals surface area contributed by atoms with Gasteiger partial charge in [-0.3, -0.25) is 19.3 Å². The third-order valence-corrected chi connectivity index (χ3v) is 5.05. The number of hydrogen-bond acceptors (Lipinski definition) is 6. The lowest BCUT2D eigenvalue weighted by atomic mass is 10.0. The van der Waals surface area contributed by atoms with Crippen molar-refractivity contribution < 1.29 is 23.9 Å². The minimum absolute atomic E-state index is 0.0263. The number of carbonyl (C=O) groups is 4. The first kappa shape index (κ1) is 20.0. The van der Waals surface area contributed by atoms with Gasteiger partial charge in [0.2, 0.25) is 0 Å². The van der Waals surface area contributed by atoms with Gasteiger partial charge in [0, 0.05) is 19.1 Å². The molecule has 150 valence electrons. The Labute approximate surface area is 164 Å². The first-order chi connectivity index (χ1) is 13.5. The van der Waals surface area contributed by atoms with Crippen LogP contribution in [-0.4, -0.2) is 72.3 Å². The quantitative estimate of drug-likeness (QED) is 0.400. The molecule has 0 saturated carbocycles. The van der Waals surface area contributed by atoms with Crippen molar-refractivity contribution in [3.8, 4) is 0 Å². The van der Waals surface area contributed by atoms with E-state index >= 15 is 0 Å². The van der Waals surface area contributed by atoms with Gasteiger partial charge in [0.1, 0.15) is 13.0 Å². The second-order valence-corrected chi connectivity index (χ2v) is 7.00. The lowest BCUT2D eigenvalue weighted by Gasteiger charge is -2.35. The number of nitrogens with zero attached hydrogens (tertiary/aromatic N) is 3. The first-order valence-corrected chi connectivity index (χ1v) is 9.58. The number of rotatable bonds is 7. The largest absolute Gasteiger partial charge is 0.466 e. The predicted molar refractivity (Wildman–Crippen MR) is 102 cm³/mol. The Morgan fingerprint density at radius 1 is 1.11 bits per heavy atom. The molecule has 2 fully saturated rings. The minimum Gasteiger partial charge on any atom is -0.466 e. The van der Waals surface area contributed by atoms with Gasteiger partial charge >= 0.3 is 12.0 Å². The standard InChI is InChI=1S/C20H25N3O5/c1-2-28-19(26)12-17(24)13-21-10-8-15(9-11-21)22-14-18(25)23(20(22)27)16-6-4-3-5-7-16/h3-7,15H,2,8-14H2,1H3. The molecule has 2 heterocycles. The first-order valence-electron chi connectivity index (χ1n) is 9.58. The van der Waals surface area contributed by atoms with Crippen LogP contribution in [0.2, 0.25) is 0 Å².